The Bertz CT molecular complexity index is 820. The zero-order chi connectivity index (χ0) is 20.8. The van der Waals surface area contributed by atoms with E-state index < -0.39 is 0 Å². The van der Waals surface area contributed by atoms with Gasteiger partial charge in [0.2, 0.25) is 0 Å². The molecule has 158 valence electrons. The number of hydrogen-bond donors (Lipinski definition) is 1. The fourth-order valence-electron chi connectivity index (χ4n) is 3.75. The zero-order valence-corrected chi connectivity index (χ0v) is 18.4. The first-order valence-corrected chi connectivity index (χ1v) is 10.3. The van der Waals surface area contributed by atoms with Crippen molar-refractivity contribution < 1.29 is 0 Å². The van der Waals surface area contributed by atoms with Crippen LogP contribution in [0.5, 0.6) is 0 Å². The molecule has 1 aromatic carbocycles. The number of nitrogens with zero attached hydrogens (tertiary/aromatic N) is 7. The Hall–Kier alpha value is -2.61. The highest BCUT2D eigenvalue weighted by molar-refractivity contribution is 5.79. The highest BCUT2D eigenvalue weighted by atomic mass is 15.4. The summed E-state index contributed by atoms with van der Waals surface area (Å²) in [4.78, 5) is 15.8. The van der Waals surface area contributed by atoms with Crippen LogP contribution in [0.15, 0.2) is 29.5 Å². The average molecular weight is 399 g/mol. The molecule has 0 unspecified atom stereocenters. The van der Waals surface area contributed by atoms with E-state index in [0.717, 1.165) is 51.1 Å². The monoisotopic (exact) mass is 398 g/mol. The lowest BCUT2D eigenvalue weighted by molar-refractivity contribution is 0.260. The third-order valence-corrected chi connectivity index (χ3v) is 5.76. The van der Waals surface area contributed by atoms with Gasteiger partial charge in [-0.25, -0.2) is 4.98 Å². The summed E-state index contributed by atoms with van der Waals surface area (Å²) in [7, 11) is 5.75. The normalized spacial score (nSPS) is 15.6. The summed E-state index contributed by atoms with van der Waals surface area (Å²) in [5, 5.41) is 7.60. The van der Waals surface area contributed by atoms with Crippen molar-refractivity contribution in [2.75, 3.05) is 58.3 Å². The molecule has 1 aromatic heterocycles. The van der Waals surface area contributed by atoms with E-state index in [-0.39, 0.29) is 0 Å². The molecule has 2 aromatic rings. The van der Waals surface area contributed by atoms with Crippen LogP contribution in [0.2, 0.25) is 0 Å². The molecule has 0 spiro atoms. The molecule has 0 saturated carbocycles. The van der Waals surface area contributed by atoms with Crippen LogP contribution in [0, 0.1) is 13.8 Å². The van der Waals surface area contributed by atoms with Crippen molar-refractivity contribution in [2.24, 2.45) is 12.0 Å². The van der Waals surface area contributed by atoms with Crippen LogP contribution in [0.25, 0.3) is 0 Å². The number of aromatic nitrogens is 3. The Balaban J connectivity index is 1.43. The van der Waals surface area contributed by atoms with E-state index in [0.29, 0.717) is 6.54 Å². The summed E-state index contributed by atoms with van der Waals surface area (Å²) in [5.74, 6) is 1.79. The van der Waals surface area contributed by atoms with Crippen LogP contribution >= 0.6 is 0 Å². The second-order valence-corrected chi connectivity index (χ2v) is 7.68. The minimum atomic E-state index is 0.671. The molecule has 0 bridgehead atoms. The van der Waals surface area contributed by atoms with Gasteiger partial charge in [-0.05, 0) is 31.0 Å². The number of rotatable bonds is 6. The van der Waals surface area contributed by atoms with Crippen molar-refractivity contribution >= 4 is 11.6 Å². The van der Waals surface area contributed by atoms with Gasteiger partial charge in [0.1, 0.15) is 12.2 Å². The van der Waals surface area contributed by atoms with Gasteiger partial charge in [0.15, 0.2) is 5.96 Å². The maximum Gasteiger partial charge on any atom is 0.193 e. The van der Waals surface area contributed by atoms with Crippen LogP contribution in [0.4, 0.5) is 5.69 Å². The molecule has 3 rings (SSSR count). The van der Waals surface area contributed by atoms with Gasteiger partial charge in [-0.3, -0.25) is 14.6 Å². The quantitative estimate of drug-likeness (QED) is 0.584. The Morgan fingerprint density at radius 3 is 2.62 bits per heavy atom. The molecule has 0 amide bonds. The minimum Gasteiger partial charge on any atom is -0.369 e. The van der Waals surface area contributed by atoms with Crippen LogP contribution in [0.1, 0.15) is 17.0 Å². The average Bonchev–Trinajstić information content (AvgIpc) is 3.12. The number of benzene rings is 1. The standard InChI is InChI=1S/C21H34N8/c1-17-7-6-8-19(18(17)2)29-13-11-28(12-14-29)10-9-23-21(22-3)26(4)15-20-24-16-25-27(20)5/h6-8,16H,9-15H2,1-5H3,(H,22,23). The van der Waals surface area contributed by atoms with E-state index in [2.05, 4.69) is 67.1 Å². The van der Waals surface area contributed by atoms with Gasteiger partial charge in [-0.2, -0.15) is 5.10 Å². The molecule has 8 heteroatoms. The van der Waals surface area contributed by atoms with E-state index in [4.69, 9.17) is 0 Å². The number of nitrogens with one attached hydrogen (secondary N) is 1. The molecule has 1 saturated heterocycles. The molecule has 1 aliphatic rings. The predicted octanol–water partition coefficient (Wildman–Crippen LogP) is 1.26. The molecule has 8 nitrogen and oxygen atoms in total. The second-order valence-electron chi connectivity index (χ2n) is 7.68. The molecule has 29 heavy (non-hydrogen) atoms. The largest absolute Gasteiger partial charge is 0.369 e. The maximum absolute atomic E-state index is 4.40. The van der Waals surface area contributed by atoms with E-state index in [9.17, 15) is 0 Å². The van der Waals surface area contributed by atoms with Gasteiger partial charge < -0.3 is 15.1 Å². The van der Waals surface area contributed by atoms with Crippen molar-refractivity contribution in [3.05, 3.63) is 41.5 Å². The van der Waals surface area contributed by atoms with Crippen LogP contribution < -0.4 is 10.2 Å². The lowest BCUT2D eigenvalue weighted by Gasteiger charge is -2.37. The Morgan fingerprint density at radius 2 is 1.97 bits per heavy atom. The van der Waals surface area contributed by atoms with Gasteiger partial charge in [0.25, 0.3) is 0 Å². The SMILES string of the molecule is CN=C(NCCN1CCN(c2cccc(C)c2C)CC1)N(C)Cc1ncnn1C. The lowest BCUT2D eigenvalue weighted by Crippen LogP contribution is -2.49. The summed E-state index contributed by atoms with van der Waals surface area (Å²) in [6.07, 6.45) is 1.58. The van der Waals surface area contributed by atoms with Crippen molar-refractivity contribution in [3.63, 3.8) is 0 Å². The topological polar surface area (TPSA) is 64.8 Å². The first kappa shape index (κ1) is 21.1. The molecule has 1 aliphatic heterocycles. The van der Waals surface area contributed by atoms with Gasteiger partial charge in [0.05, 0.1) is 6.54 Å². The van der Waals surface area contributed by atoms with Gasteiger partial charge in [-0.15, -0.1) is 0 Å². The highest BCUT2D eigenvalue weighted by Crippen LogP contribution is 2.23. The number of hydrogen-bond acceptors (Lipinski definition) is 5. The first-order valence-electron chi connectivity index (χ1n) is 10.3. The van der Waals surface area contributed by atoms with Gasteiger partial charge in [0, 0.05) is 66.1 Å². The van der Waals surface area contributed by atoms with Crippen molar-refractivity contribution in [3.8, 4) is 0 Å². The number of anilines is 1. The molecule has 2 heterocycles. The fraction of sp³-hybridized carbons (Fsp3) is 0.571. The summed E-state index contributed by atoms with van der Waals surface area (Å²) < 4.78 is 1.79. The summed E-state index contributed by atoms with van der Waals surface area (Å²) in [6, 6.07) is 6.60. The summed E-state index contributed by atoms with van der Waals surface area (Å²) in [6.45, 7) is 11.3. The second kappa shape index (κ2) is 9.73. The van der Waals surface area contributed by atoms with Gasteiger partial charge >= 0.3 is 0 Å². The van der Waals surface area contributed by atoms with E-state index >= 15 is 0 Å². The molecule has 0 aliphatic carbocycles. The summed E-state index contributed by atoms with van der Waals surface area (Å²) in [5.41, 5.74) is 4.15. The molecule has 1 fully saturated rings. The van der Waals surface area contributed by atoms with Crippen molar-refractivity contribution in [2.45, 2.75) is 20.4 Å². The van der Waals surface area contributed by atoms with Crippen LogP contribution in [-0.4, -0.2) is 83.9 Å². The Labute approximate surface area is 174 Å². The molecule has 0 atom stereocenters. The number of piperazine rings is 1. The molecular formula is C21H34N8. The van der Waals surface area contributed by atoms with E-state index in [1.54, 1.807) is 11.0 Å². The number of aryl methyl sites for hydroxylation is 2. The lowest BCUT2D eigenvalue weighted by atomic mass is 10.1. The number of guanidine groups is 1. The van der Waals surface area contributed by atoms with Crippen molar-refractivity contribution in [1.29, 1.82) is 0 Å². The zero-order valence-electron chi connectivity index (χ0n) is 18.4. The molecular weight excluding hydrogens is 364 g/mol. The van der Waals surface area contributed by atoms with Gasteiger partial charge in [-0.1, -0.05) is 12.1 Å². The number of aliphatic imine (C=N–C) groups is 1. The Morgan fingerprint density at radius 1 is 1.21 bits per heavy atom. The first-order chi connectivity index (χ1) is 14.0. The Kier molecular flexibility index (Phi) is 7.09. The third kappa shape index (κ3) is 5.26. The smallest absolute Gasteiger partial charge is 0.193 e. The van der Waals surface area contributed by atoms with Crippen LogP contribution in [0.3, 0.4) is 0 Å². The van der Waals surface area contributed by atoms with Crippen molar-refractivity contribution in [1.82, 2.24) is 29.9 Å². The predicted molar refractivity (Wildman–Crippen MR) is 118 cm³/mol. The molecule has 1 N–H and O–H groups in total. The van der Waals surface area contributed by atoms with E-state index in [1.165, 1.54) is 16.8 Å². The third-order valence-electron chi connectivity index (χ3n) is 5.76. The maximum atomic E-state index is 4.40. The molecule has 0 radical (unpaired) electrons. The highest BCUT2D eigenvalue weighted by Gasteiger charge is 2.19. The van der Waals surface area contributed by atoms with Crippen LogP contribution in [-0.2, 0) is 13.6 Å². The van der Waals surface area contributed by atoms with E-state index in [1.807, 2.05) is 21.1 Å². The minimum absolute atomic E-state index is 0.671. The fourth-order valence-corrected chi connectivity index (χ4v) is 3.75. The summed E-state index contributed by atoms with van der Waals surface area (Å²) >= 11 is 0.